The van der Waals surface area contributed by atoms with E-state index in [1.165, 1.54) is 6.26 Å². The van der Waals surface area contributed by atoms with Gasteiger partial charge in [0.2, 0.25) is 0 Å². The fourth-order valence-corrected chi connectivity index (χ4v) is 2.14. The molecule has 0 amide bonds. The predicted octanol–water partition coefficient (Wildman–Crippen LogP) is 0.255. The van der Waals surface area contributed by atoms with Crippen LogP contribution in [0.2, 0.25) is 0 Å². The molecule has 0 fully saturated rings. The van der Waals surface area contributed by atoms with E-state index >= 15 is 0 Å². The minimum atomic E-state index is 0.506. The summed E-state index contributed by atoms with van der Waals surface area (Å²) >= 11 is 0. The van der Waals surface area contributed by atoms with Crippen molar-refractivity contribution >= 4 is 0 Å². The lowest BCUT2D eigenvalue weighted by Gasteiger charge is -2.08. The minimum Gasteiger partial charge on any atom is -0.499 e. The van der Waals surface area contributed by atoms with E-state index in [-0.39, 0.29) is 0 Å². The largest absolute Gasteiger partial charge is 0.499 e. The number of nitrogens with two attached hydrogens (primary N) is 1. The molecule has 2 N–H and O–H groups in total. The van der Waals surface area contributed by atoms with E-state index in [4.69, 9.17) is 53.1 Å². The molecule has 11 heteroatoms. The van der Waals surface area contributed by atoms with Crippen molar-refractivity contribution in [3.63, 3.8) is 0 Å². The molecule has 0 rings (SSSR count). The molecule has 0 bridgehead atoms. The second-order valence-electron chi connectivity index (χ2n) is 6.34. The Morgan fingerprint density at radius 2 is 0.576 bits per heavy atom. The van der Waals surface area contributed by atoms with Crippen LogP contribution in [0.15, 0.2) is 12.8 Å². The van der Waals surface area contributed by atoms with E-state index in [1.54, 1.807) is 0 Å². The fraction of sp³-hybridized carbons (Fsp3) is 0.909. The van der Waals surface area contributed by atoms with Gasteiger partial charge in [0, 0.05) is 6.54 Å². The highest BCUT2D eigenvalue weighted by molar-refractivity contribution is 4.47. The van der Waals surface area contributed by atoms with Gasteiger partial charge in [0.05, 0.1) is 125 Å². The summed E-state index contributed by atoms with van der Waals surface area (Å²) in [5, 5.41) is 0. The molecule has 0 saturated carbocycles. The summed E-state index contributed by atoms with van der Waals surface area (Å²) in [7, 11) is 0. The third kappa shape index (κ3) is 31.1. The van der Waals surface area contributed by atoms with Gasteiger partial charge in [-0.25, -0.2) is 0 Å². The molecule has 0 radical (unpaired) electrons. The van der Waals surface area contributed by atoms with Crippen LogP contribution in [-0.2, 0) is 47.4 Å². The summed E-state index contributed by atoms with van der Waals surface area (Å²) in [6.45, 7) is 14.1. The van der Waals surface area contributed by atoms with Crippen LogP contribution < -0.4 is 5.73 Å². The normalized spacial score (nSPS) is 11.2. The average Bonchev–Trinajstić information content (AvgIpc) is 2.83. The number of hydrogen-bond acceptors (Lipinski definition) is 11. The van der Waals surface area contributed by atoms with E-state index in [2.05, 4.69) is 6.58 Å². The Bertz CT molecular complexity index is 366. The summed E-state index contributed by atoms with van der Waals surface area (Å²) in [6, 6.07) is 0. The van der Waals surface area contributed by atoms with Crippen molar-refractivity contribution in [3.8, 4) is 0 Å². The fourth-order valence-electron chi connectivity index (χ4n) is 2.14. The van der Waals surface area contributed by atoms with Gasteiger partial charge >= 0.3 is 0 Å². The topological polar surface area (TPSA) is 118 Å². The van der Waals surface area contributed by atoms with Gasteiger partial charge in [0.1, 0.15) is 6.61 Å². The van der Waals surface area contributed by atoms with E-state index in [0.29, 0.717) is 132 Å². The summed E-state index contributed by atoms with van der Waals surface area (Å²) in [6.07, 6.45) is 1.40. The Kier molecular flexibility index (Phi) is 30.3. The van der Waals surface area contributed by atoms with Crippen molar-refractivity contribution < 1.29 is 47.4 Å². The van der Waals surface area contributed by atoms with Crippen molar-refractivity contribution in [1.29, 1.82) is 0 Å². The first-order valence-corrected chi connectivity index (χ1v) is 11.5. The van der Waals surface area contributed by atoms with Gasteiger partial charge in [-0.15, -0.1) is 0 Å². The molecule has 33 heavy (non-hydrogen) atoms. The van der Waals surface area contributed by atoms with E-state index in [9.17, 15) is 0 Å². The quantitative estimate of drug-likeness (QED) is 0.112. The van der Waals surface area contributed by atoms with Crippen LogP contribution in [-0.4, -0.2) is 132 Å². The van der Waals surface area contributed by atoms with Crippen molar-refractivity contribution in [2.75, 3.05) is 132 Å². The van der Waals surface area contributed by atoms with Crippen LogP contribution in [0.3, 0.4) is 0 Å². The van der Waals surface area contributed by atoms with Gasteiger partial charge in [-0.05, 0) is 0 Å². The van der Waals surface area contributed by atoms with E-state index in [1.807, 2.05) is 0 Å². The standard InChI is InChI=1S/C22H45NO10/c1-2-24-5-6-26-9-10-28-13-14-30-17-18-32-21-22-33-20-19-31-16-15-29-12-11-27-8-7-25-4-3-23/h2H,1,3-23H2. The zero-order chi connectivity index (χ0) is 23.9. The maximum Gasteiger partial charge on any atom is 0.111 e. The summed E-state index contributed by atoms with van der Waals surface area (Å²) < 4.78 is 53.2. The molecule has 11 nitrogen and oxygen atoms in total. The average molecular weight is 484 g/mol. The lowest BCUT2D eigenvalue weighted by atomic mass is 10.6. The smallest absolute Gasteiger partial charge is 0.111 e. The van der Waals surface area contributed by atoms with Gasteiger partial charge in [-0.1, -0.05) is 6.58 Å². The second-order valence-corrected chi connectivity index (χ2v) is 6.34. The lowest BCUT2D eigenvalue weighted by Crippen LogP contribution is -2.15. The number of ether oxygens (including phenoxy) is 10. The molecule has 0 aliphatic heterocycles. The number of rotatable bonds is 30. The molecule has 0 aromatic carbocycles. The van der Waals surface area contributed by atoms with Crippen molar-refractivity contribution in [3.05, 3.63) is 12.8 Å². The molecular weight excluding hydrogens is 438 g/mol. The molecule has 198 valence electrons. The SMILES string of the molecule is C=COCCOCCOCCOCCOCCOCCOCCOCCOCCOCCN. The monoisotopic (exact) mass is 483 g/mol. The van der Waals surface area contributed by atoms with Gasteiger partial charge in [-0.3, -0.25) is 0 Å². The van der Waals surface area contributed by atoms with Crippen LogP contribution in [0.5, 0.6) is 0 Å². The highest BCUT2D eigenvalue weighted by Gasteiger charge is 1.95. The maximum absolute atomic E-state index is 5.43. The predicted molar refractivity (Wildman–Crippen MR) is 123 cm³/mol. The maximum atomic E-state index is 5.43. The van der Waals surface area contributed by atoms with Crippen LogP contribution in [0.25, 0.3) is 0 Å². The summed E-state index contributed by atoms with van der Waals surface area (Å²) in [5.41, 5.74) is 5.31. The first-order valence-electron chi connectivity index (χ1n) is 11.5. The summed E-state index contributed by atoms with van der Waals surface area (Å²) in [4.78, 5) is 0. The van der Waals surface area contributed by atoms with Gasteiger partial charge < -0.3 is 53.1 Å². The van der Waals surface area contributed by atoms with Gasteiger partial charge in [-0.2, -0.15) is 0 Å². The Labute approximate surface area is 198 Å². The van der Waals surface area contributed by atoms with E-state index < -0.39 is 0 Å². The molecule has 0 unspecified atom stereocenters. The third-order valence-corrected chi connectivity index (χ3v) is 3.70. The van der Waals surface area contributed by atoms with Crippen LogP contribution in [0, 0.1) is 0 Å². The molecule has 0 aromatic heterocycles. The Morgan fingerprint density at radius 3 is 0.788 bits per heavy atom. The zero-order valence-corrected chi connectivity index (χ0v) is 20.1. The lowest BCUT2D eigenvalue weighted by molar-refractivity contribution is -0.0255. The Hall–Kier alpha value is -0.860. The molecule has 0 saturated heterocycles. The number of hydrogen-bond donors (Lipinski definition) is 1. The van der Waals surface area contributed by atoms with Crippen LogP contribution in [0.4, 0.5) is 0 Å². The second kappa shape index (κ2) is 31.1. The van der Waals surface area contributed by atoms with Crippen LogP contribution >= 0.6 is 0 Å². The molecule has 0 aliphatic carbocycles. The van der Waals surface area contributed by atoms with Gasteiger partial charge in [0.25, 0.3) is 0 Å². The minimum absolute atomic E-state index is 0.506. The van der Waals surface area contributed by atoms with Crippen molar-refractivity contribution in [1.82, 2.24) is 0 Å². The van der Waals surface area contributed by atoms with E-state index in [0.717, 1.165) is 0 Å². The molecular formula is C22H45NO10. The van der Waals surface area contributed by atoms with Crippen molar-refractivity contribution in [2.24, 2.45) is 5.73 Å². The molecule has 0 spiro atoms. The Balaban J connectivity index is 2.99. The molecule has 0 aromatic rings. The molecule has 0 aliphatic rings. The third-order valence-electron chi connectivity index (χ3n) is 3.70. The zero-order valence-electron chi connectivity index (χ0n) is 20.1. The molecule has 0 atom stereocenters. The Morgan fingerprint density at radius 1 is 0.364 bits per heavy atom. The molecule has 0 heterocycles. The van der Waals surface area contributed by atoms with Crippen molar-refractivity contribution in [2.45, 2.75) is 0 Å². The first-order chi connectivity index (χ1) is 16.4. The van der Waals surface area contributed by atoms with Crippen LogP contribution in [0.1, 0.15) is 0 Å². The highest BCUT2D eigenvalue weighted by atomic mass is 16.6. The summed E-state index contributed by atoms with van der Waals surface area (Å²) in [5.74, 6) is 0. The highest BCUT2D eigenvalue weighted by Crippen LogP contribution is 1.86. The first kappa shape index (κ1) is 32.1. The van der Waals surface area contributed by atoms with Gasteiger partial charge in [0.15, 0.2) is 0 Å².